The second-order valence-corrected chi connectivity index (χ2v) is 5.21. The molecule has 0 amide bonds. The Balaban J connectivity index is 2.81. The van der Waals surface area contributed by atoms with Crippen LogP contribution in [-0.2, 0) is 13.1 Å². The number of hydrogen-bond acceptors (Lipinski definition) is 2. The van der Waals surface area contributed by atoms with Crippen LogP contribution in [0.25, 0.3) is 0 Å². The smallest absolute Gasteiger partial charge is 0.0860 e. The van der Waals surface area contributed by atoms with Gasteiger partial charge in [0.1, 0.15) is 0 Å². The van der Waals surface area contributed by atoms with E-state index in [0.717, 1.165) is 29.4 Å². The molecule has 0 bridgehead atoms. The molecule has 98 valence electrons. The number of nitrogens with one attached hydrogen (secondary N) is 1. The molecule has 0 aromatic carbocycles. The van der Waals surface area contributed by atoms with Gasteiger partial charge in [0.25, 0.3) is 0 Å². The van der Waals surface area contributed by atoms with Crippen molar-refractivity contribution in [3.8, 4) is 0 Å². The highest BCUT2D eigenvalue weighted by Crippen LogP contribution is 2.21. The molecule has 1 aromatic heterocycles. The fourth-order valence-electron chi connectivity index (χ4n) is 1.60. The lowest BCUT2D eigenvalue weighted by Crippen LogP contribution is -2.43. The SMILES string of the molecule is CCn1nc(C)c(Cl)c1CNC(C)(CC)CCl. The summed E-state index contributed by atoms with van der Waals surface area (Å²) in [5.74, 6) is 0.584. The third kappa shape index (κ3) is 3.36. The summed E-state index contributed by atoms with van der Waals surface area (Å²) in [6.07, 6.45) is 0.980. The predicted molar refractivity (Wildman–Crippen MR) is 73.9 cm³/mol. The number of hydrogen-bond donors (Lipinski definition) is 1. The summed E-state index contributed by atoms with van der Waals surface area (Å²) in [5, 5.41) is 8.61. The molecule has 0 aliphatic rings. The molecule has 1 atom stereocenters. The minimum Gasteiger partial charge on any atom is -0.305 e. The minimum absolute atomic E-state index is 0.0539. The third-order valence-corrected chi connectivity index (χ3v) is 4.29. The standard InChI is InChI=1S/C12H21Cl2N3/c1-5-12(4,8-13)15-7-10-11(14)9(3)16-17(10)6-2/h15H,5-8H2,1-4H3. The van der Waals surface area contributed by atoms with Crippen molar-refractivity contribution in [1.29, 1.82) is 0 Å². The maximum atomic E-state index is 6.25. The molecule has 0 spiro atoms. The molecule has 0 saturated carbocycles. The highest BCUT2D eigenvalue weighted by atomic mass is 35.5. The van der Waals surface area contributed by atoms with Crippen LogP contribution < -0.4 is 5.32 Å². The van der Waals surface area contributed by atoms with E-state index < -0.39 is 0 Å². The van der Waals surface area contributed by atoms with Crippen molar-refractivity contribution in [2.75, 3.05) is 5.88 Å². The van der Waals surface area contributed by atoms with Gasteiger partial charge in [-0.2, -0.15) is 5.10 Å². The van der Waals surface area contributed by atoms with Crippen molar-refractivity contribution >= 4 is 23.2 Å². The highest BCUT2D eigenvalue weighted by molar-refractivity contribution is 6.31. The second kappa shape index (κ2) is 6.07. The summed E-state index contributed by atoms with van der Waals surface area (Å²) in [7, 11) is 0. The Morgan fingerprint density at radius 2 is 2.06 bits per heavy atom. The van der Waals surface area contributed by atoms with Gasteiger partial charge in [0, 0.05) is 24.5 Å². The van der Waals surface area contributed by atoms with Gasteiger partial charge in [-0.1, -0.05) is 18.5 Å². The minimum atomic E-state index is -0.0539. The molecule has 3 nitrogen and oxygen atoms in total. The van der Waals surface area contributed by atoms with Crippen LogP contribution in [0.15, 0.2) is 0 Å². The van der Waals surface area contributed by atoms with E-state index in [0.29, 0.717) is 12.4 Å². The van der Waals surface area contributed by atoms with E-state index in [2.05, 4.69) is 31.2 Å². The predicted octanol–water partition coefficient (Wildman–Crippen LogP) is 3.36. The van der Waals surface area contributed by atoms with Crippen LogP contribution in [0.1, 0.15) is 38.6 Å². The Hall–Kier alpha value is -0.250. The van der Waals surface area contributed by atoms with E-state index >= 15 is 0 Å². The summed E-state index contributed by atoms with van der Waals surface area (Å²) in [5.41, 5.74) is 1.87. The average Bonchev–Trinajstić information content (AvgIpc) is 2.62. The second-order valence-electron chi connectivity index (χ2n) is 4.56. The first-order valence-corrected chi connectivity index (χ1v) is 6.91. The molecule has 1 aromatic rings. The molecule has 0 fully saturated rings. The van der Waals surface area contributed by atoms with Gasteiger partial charge < -0.3 is 5.32 Å². The maximum absolute atomic E-state index is 6.25. The van der Waals surface area contributed by atoms with Crippen LogP contribution in [0, 0.1) is 6.92 Å². The van der Waals surface area contributed by atoms with Crippen molar-refractivity contribution in [3.05, 3.63) is 16.4 Å². The van der Waals surface area contributed by atoms with E-state index in [1.807, 2.05) is 11.6 Å². The molecule has 1 heterocycles. The fraction of sp³-hybridized carbons (Fsp3) is 0.750. The van der Waals surface area contributed by atoms with Crippen molar-refractivity contribution in [2.45, 2.75) is 52.7 Å². The largest absolute Gasteiger partial charge is 0.305 e. The number of rotatable bonds is 6. The highest BCUT2D eigenvalue weighted by Gasteiger charge is 2.21. The summed E-state index contributed by atoms with van der Waals surface area (Å²) in [6, 6.07) is 0. The zero-order chi connectivity index (χ0) is 13.1. The van der Waals surface area contributed by atoms with Crippen LogP contribution in [0.5, 0.6) is 0 Å². The Labute approximate surface area is 113 Å². The van der Waals surface area contributed by atoms with Gasteiger partial charge in [0.15, 0.2) is 0 Å². The third-order valence-electron chi connectivity index (χ3n) is 3.21. The number of aromatic nitrogens is 2. The van der Waals surface area contributed by atoms with Crippen molar-refractivity contribution in [2.24, 2.45) is 0 Å². The molecule has 0 radical (unpaired) electrons. The molecule has 0 aliphatic carbocycles. The number of aryl methyl sites for hydroxylation is 2. The first kappa shape index (κ1) is 14.8. The van der Waals surface area contributed by atoms with Crippen LogP contribution >= 0.6 is 23.2 Å². The van der Waals surface area contributed by atoms with Gasteiger partial charge in [-0.05, 0) is 27.2 Å². The monoisotopic (exact) mass is 277 g/mol. The molecular formula is C12H21Cl2N3. The van der Waals surface area contributed by atoms with Crippen LogP contribution in [0.4, 0.5) is 0 Å². The van der Waals surface area contributed by atoms with Crippen LogP contribution in [-0.4, -0.2) is 21.2 Å². The van der Waals surface area contributed by atoms with E-state index in [-0.39, 0.29) is 5.54 Å². The fourth-order valence-corrected chi connectivity index (χ4v) is 2.09. The lowest BCUT2D eigenvalue weighted by molar-refractivity contribution is 0.372. The summed E-state index contributed by atoms with van der Waals surface area (Å²) >= 11 is 12.2. The zero-order valence-corrected chi connectivity index (χ0v) is 12.5. The number of halogens is 2. The quantitative estimate of drug-likeness (QED) is 0.809. The van der Waals surface area contributed by atoms with E-state index in [1.54, 1.807) is 0 Å². The normalized spacial score (nSPS) is 14.9. The first-order chi connectivity index (χ1) is 7.97. The van der Waals surface area contributed by atoms with Crippen LogP contribution in [0.2, 0.25) is 5.02 Å². The van der Waals surface area contributed by atoms with Crippen LogP contribution in [0.3, 0.4) is 0 Å². The van der Waals surface area contributed by atoms with Gasteiger partial charge in [-0.3, -0.25) is 4.68 Å². The Morgan fingerprint density at radius 3 is 2.53 bits per heavy atom. The molecule has 5 heteroatoms. The Kier molecular flexibility index (Phi) is 5.29. The van der Waals surface area contributed by atoms with Crippen molar-refractivity contribution in [3.63, 3.8) is 0 Å². The molecular weight excluding hydrogens is 257 g/mol. The van der Waals surface area contributed by atoms with E-state index in [9.17, 15) is 0 Å². The summed E-state index contributed by atoms with van der Waals surface area (Å²) < 4.78 is 1.94. The first-order valence-electron chi connectivity index (χ1n) is 6.00. The zero-order valence-electron chi connectivity index (χ0n) is 11.0. The van der Waals surface area contributed by atoms with Gasteiger partial charge in [-0.25, -0.2) is 0 Å². The molecule has 1 rings (SSSR count). The molecule has 0 saturated heterocycles. The summed E-state index contributed by atoms with van der Waals surface area (Å²) in [4.78, 5) is 0. The topological polar surface area (TPSA) is 29.9 Å². The van der Waals surface area contributed by atoms with Gasteiger partial charge in [0.05, 0.1) is 16.4 Å². The van der Waals surface area contributed by atoms with Gasteiger partial charge in [-0.15, -0.1) is 11.6 Å². The Bertz CT molecular complexity index is 370. The van der Waals surface area contributed by atoms with Gasteiger partial charge in [0.2, 0.25) is 0 Å². The van der Waals surface area contributed by atoms with E-state index in [1.165, 1.54) is 0 Å². The lowest BCUT2D eigenvalue weighted by Gasteiger charge is -2.27. The molecule has 17 heavy (non-hydrogen) atoms. The Morgan fingerprint density at radius 1 is 1.41 bits per heavy atom. The molecule has 1 unspecified atom stereocenters. The molecule has 0 aliphatic heterocycles. The van der Waals surface area contributed by atoms with Crippen molar-refractivity contribution < 1.29 is 0 Å². The lowest BCUT2D eigenvalue weighted by atomic mass is 10.0. The van der Waals surface area contributed by atoms with E-state index in [4.69, 9.17) is 23.2 Å². The average molecular weight is 278 g/mol. The maximum Gasteiger partial charge on any atom is 0.0860 e. The van der Waals surface area contributed by atoms with Gasteiger partial charge >= 0.3 is 0 Å². The summed E-state index contributed by atoms with van der Waals surface area (Å²) in [6.45, 7) is 9.76. The molecule has 1 N–H and O–H groups in total. The van der Waals surface area contributed by atoms with Crippen molar-refractivity contribution in [1.82, 2.24) is 15.1 Å². The number of nitrogens with zero attached hydrogens (tertiary/aromatic N) is 2. The number of alkyl halides is 1.